The normalized spacial score (nSPS) is 13.0. The summed E-state index contributed by atoms with van der Waals surface area (Å²) in [5.74, 6) is -6.23. The van der Waals surface area contributed by atoms with Gasteiger partial charge in [0.25, 0.3) is 0 Å². The second kappa shape index (κ2) is 3.90. The Balaban J connectivity index is 3.60. The van der Waals surface area contributed by atoms with Crippen LogP contribution in [0, 0.1) is 17.5 Å². The molecule has 0 aromatic heterocycles. The first kappa shape index (κ1) is 13.8. The van der Waals surface area contributed by atoms with Gasteiger partial charge in [-0.15, -0.1) is 0 Å². The largest absolute Gasteiger partial charge is 0.422 e. The van der Waals surface area contributed by atoms with E-state index in [4.69, 9.17) is 0 Å². The molecule has 0 aliphatic rings. The summed E-state index contributed by atoms with van der Waals surface area (Å²) in [5, 5.41) is 9.36. The van der Waals surface area contributed by atoms with E-state index < -0.39 is 40.4 Å². The Morgan fingerprint density at radius 1 is 1.00 bits per heavy atom. The second-order valence-corrected chi connectivity index (χ2v) is 3.97. The van der Waals surface area contributed by atoms with Gasteiger partial charge in [-0.2, -0.15) is 13.2 Å². The Labute approximate surface area is 92.7 Å². The van der Waals surface area contributed by atoms with Crippen LogP contribution >= 0.6 is 0 Å². The van der Waals surface area contributed by atoms with Gasteiger partial charge in [0.15, 0.2) is 11.6 Å². The van der Waals surface area contributed by atoms with E-state index in [9.17, 15) is 31.4 Å². The molecular formula is C10H8F6O. The number of rotatable bonds is 1. The fourth-order valence-electron chi connectivity index (χ4n) is 1.30. The lowest BCUT2D eigenvalue weighted by molar-refractivity contribution is -0.142. The predicted molar refractivity (Wildman–Crippen MR) is 46.6 cm³/mol. The Morgan fingerprint density at radius 3 is 1.82 bits per heavy atom. The number of halogens is 6. The van der Waals surface area contributed by atoms with Crippen molar-refractivity contribution < 1.29 is 31.4 Å². The van der Waals surface area contributed by atoms with Crippen molar-refractivity contribution in [3.63, 3.8) is 0 Å². The zero-order valence-electron chi connectivity index (χ0n) is 8.79. The summed E-state index contributed by atoms with van der Waals surface area (Å²) in [4.78, 5) is 0. The molecule has 0 atom stereocenters. The molecule has 0 amide bonds. The van der Waals surface area contributed by atoms with Crippen LogP contribution in [0.15, 0.2) is 6.07 Å². The average Bonchev–Trinajstić information content (AvgIpc) is 2.07. The molecule has 0 fully saturated rings. The summed E-state index contributed by atoms with van der Waals surface area (Å²) < 4.78 is 76.1. The molecule has 0 heterocycles. The average molecular weight is 258 g/mol. The van der Waals surface area contributed by atoms with Crippen LogP contribution in [0.1, 0.15) is 25.0 Å². The van der Waals surface area contributed by atoms with Crippen molar-refractivity contribution >= 4 is 0 Å². The van der Waals surface area contributed by atoms with Crippen LogP contribution in [-0.2, 0) is 11.8 Å². The van der Waals surface area contributed by atoms with Gasteiger partial charge in [0.1, 0.15) is 11.4 Å². The van der Waals surface area contributed by atoms with Crippen molar-refractivity contribution in [2.24, 2.45) is 0 Å². The van der Waals surface area contributed by atoms with Crippen molar-refractivity contribution in [2.45, 2.75) is 25.6 Å². The first-order valence-electron chi connectivity index (χ1n) is 4.43. The Hall–Kier alpha value is -1.24. The molecule has 1 aromatic carbocycles. The predicted octanol–water partition coefficient (Wildman–Crippen LogP) is 3.35. The molecule has 0 spiro atoms. The summed E-state index contributed by atoms with van der Waals surface area (Å²) in [5.41, 5.74) is -5.17. The summed E-state index contributed by atoms with van der Waals surface area (Å²) in [7, 11) is 0. The number of aliphatic hydroxyl groups is 1. The molecule has 0 bridgehead atoms. The lowest BCUT2D eigenvalue weighted by Gasteiger charge is -2.20. The number of alkyl halides is 3. The van der Waals surface area contributed by atoms with Gasteiger partial charge in [0.05, 0.1) is 5.60 Å². The number of hydrogen-bond acceptors (Lipinski definition) is 1. The second-order valence-electron chi connectivity index (χ2n) is 3.97. The van der Waals surface area contributed by atoms with Crippen molar-refractivity contribution in [1.82, 2.24) is 0 Å². The Morgan fingerprint density at radius 2 is 1.47 bits per heavy atom. The highest BCUT2D eigenvalue weighted by atomic mass is 19.4. The fraction of sp³-hybridized carbons (Fsp3) is 0.400. The minimum atomic E-state index is -5.34. The van der Waals surface area contributed by atoms with Crippen molar-refractivity contribution in [2.75, 3.05) is 0 Å². The molecule has 7 heteroatoms. The van der Waals surface area contributed by atoms with Gasteiger partial charge >= 0.3 is 6.18 Å². The Bertz CT molecular complexity index is 444. The van der Waals surface area contributed by atoms with E-state index in [-0.39, 0.29) is 6.07 Å². The highest BCUT2D eigenvalue weighted by Crippen LogP contribution is 2.37. The molecule has 96 valence electrons. The molecule has 0 radical (unpaired) electrons. The van der Waals surface area contributed by atoms with E-state index in [1.165, 1.54) is 0 Å². The maximum Gasteiger partial charge on any atom is 0.422 e. The van der Waals surface area contributed by atoms with Crippen molar-refractivity contribution in [1.29, 1.82) is 0 Å². The van der Waals surface area contributed by atoms with Gasteiger partial charge in [0.2, 0.25) is 0 Å². The molecular weight excluding hydrogens is 250 g/mol. The van der Waals surface area contributed by atoms with Crippen LogP contribution in [0.2, 0.25) is 0 Å². The summed E-state index contributed by atoms with van der Waals surface area (Å²) >= 11 is 0. The molecule has 17 heavy (non-hydrogen) atoms. The Kier molecular flexibility index (Phi) is 3.17. The maximum atomic E-state index is 13.3. The monoisotopic (exact) mass is 258 g/mol. The van der Waals surface area contributed by atoms with Gasteiger partial charge in [-0.25, -0.2) is 13.2 Å². The van der Waals surface area contributed by atoms with Crippen LogP contribution in [0.4, 0.5) is 26.3 Å². The van der Waals surface area contributed by atoms with Crippen LogP contribution in [0.25, 0.3) is 0 Å². The van der Waals surface area contributed by atoms with Gasteiger partial charge in [-0.3, -0.25) is 0 Å². The fourth-order valence-corrected chi connectivity index (χ4v) is 1.30. The van der Waals surface area contributed by atoms with Gasteiger partial charge < -0.3 is 5.11 Å². The molecule has 0 saturated carbocycles. The highest BCUT2D eigenvalue weighted by molar-refractivity contribution is 5.32. The van der Waals surface area contributed by atoms with Gasteiger partial charge in [0, 0.05) is 5.56 Å². The van der Waals surface area contributed by atoms with Crippen LogP contribution in [0.3, 0.4) is 0 Å². The van der Waals surface area contributed by atoms with Gasteiger partial charge in [-0.05, 0) is 19.9 Å². The van der Waals surface area contributed by atoms with Crippen LogP contribution in [-0.4, -0.2) is 5.11 Å². The zero-order valence-corrected chi connectivity index (χ0v) is 8.79. The standard InChI is InChI=1S/C10H8F6O/c1-9(2,17)4-3-5(11)6(10(14,15)16)8(13)7(4)12/h3,17H,1-2H3. The molecule has 1 aromatic rings. The van der Waals surface area contributed by atoms with Gasteiger partial charge in [-0.1, -0.05) is 0 Å². The number of hydrogen-bond donors (Lipinski definition) is 1. The quantitative estimate of drug-likeness (QED) is 0.605. The smallest absolute Gasteiger partial charge is 0.386 e. The summed E-state index contributed by atoms with van der Waals surface area (Å²) in [6.45, 7) is 2.00. The third kappa shape index (κ3) is 2.54. The van der Waals surface area contributed by atoms with E-state index in [0.29, 0.717) is 0 Å². The van der Waals surface area contributed by atoms with Crippen molar-refractivity contribution in [3.05, 3.63) is 34.6 Å². The molecule has 0 unspecified atom stereocenters. The summed E-state index contributed by atoms with van der Waals surface area (Å²) in [6, 6.07) is 0.140. The van der Waals surface area contributed by atoms with E-state index in [1.807, 2.05) is 0 Å². The molecule has 1 nitrogen and oxygen atoms in total. The highest BCUT2D eigenvalue weighted by Gasteiger charge is 2.41. The summed E-state index contributed by atoms with van der Waals surface area (Å²) in [6.07, 6.45) is -5.34. The lowest BCUT2D eigenvalue weighted by Crippen LogP contribution is -2.22. The SMILES string of the molecule is CC(C)(O)c1cc(F)c(C(F)(F)F)c(F)c1F. The molecule has 1 rings (SSSR count). The van der Waals surface area contributed by atoms with E-state index >= 15 is 0 Å². The number of benzene rings is 1. The third-order valence-corrected chi connectivity index (χ3v) is 2.10. The van der Waals surface area contributed by atoms with E-state index in [1.54, 1.807) is 0 Å². The minimum Gasteiger partial charge on any atom is -0.386 e. The molecule has 1 N–H and O–H groups in total. The van der Waals surface area contributed by atoms with Crippen LogP contribution in [0.5, 0.6) is 0 Å². The zero-order chi connectivity index (χ0) is 13.6. The van der Waals surface area contributed by atoms with E-state index in [2.05, 4.69) is 0 Å². The topological polar surface area (TPSA) is 20.2 Å². The molecule has 0 saturated heterocycles. The maximum absolute atomic E-state index is 13.3. The molecule has 0 aliphatic heterocycles. The van der Waals surface area contributed by atoms with E-state index in [0.717, 1.165) is 13.8 Å². The van der Waals surface area contributed by atoms with Crippen molar-refractivity contribution in [3.8, 4) is 0 Å². The third-order valence-electron chi connectivity index (χ3n) is 2.10. The first-order valence-corrected chi connectivity index (χ1v) is 4.43. The first-order chi connectivity index (χ1) is 7.46. The lowest BCUT2D eigenvalue weighted by atomic mass is 9.95. The minimum absolute atomic E-state index is 0.140. The molecule has 0 aliphatic carbocycles. The van der Waals surface area contributed by atoms with Crippen LogP contribution < -0.4 is 0 Å².